The standard InChI is InChI=1S/C20H27NO3/c1-4-5-11-24-19-10-9-17(13-20(19)23-3)15(2)21-14-16-7-6-8-18(22)12-16/h6-10,12-13,15,21-22H,4-5,11,14H2,1-3H3. The quantitative estimate of drug-likeness (QED) is 0.668. The van der Waals surface area contributed by atoms with E-state index in [0.29, 0.717) is 13.2 Å². The Morgan fingerprint density at radius 3 is 2.67 bits per heavy atom. The lowest BCUT2D eigenvalue weighted by Crippen LogP contribution is -2.18. The highest BCUT2D eigenvalue weighted by Gasteiger charge is 2.10. The van der Waals surface area contributed by atoms with Gasteiger partial charge in [0.2, 0.25) is 0 Å². The van der Waals surface area contributed by atoms with Gasteiger partial charge in [-0.1, -0.05) is 31.5 Å². The summed E-state index contributed by atoms with van der Waals surface area (Å²) < 4.78 is 11.2. The zero-order valence-electron chi connectivity index (χ0n) is 14.7. The van der Waals surface area contributed by atoms with E-state index >= 15 is 0 Å². The van der Waals surface area contributed by atoms with E-state index in [-0.39, 0.29) is 11.8 Å². The average Bonchev–Trinajstić information content (AvgIpc) is 2.60. The molecule has 0 fully saturated rings. The van der Waals surface area contributed by atoms with Crippen molar-refractivity contribution in [1.29, 1.82) is 0 Å². The van der Waals surface area contributed by atoms with Gasteiger partial charge in [0, 0.05) is 12.6 Å². The van der Waals surface area contributed by atoms with E-state index in [1.807, 2.05) is 24.3 Å². The molecule has 0 bridgehead atoms. The second kappa shape index (κ2) is 9.18. The first kappa shape index (κ1) is 18.1. The Morgan fingerprint density at radius 2 is 1.96 bits per heavy atom. The van der Waals surface area contributed by atoms with E-state index in [9.17, 15) is 5.11 Å². The molecule has 2 aromatic rings. The van der Waals surface area contributed by atoms with E-state index in [0.717, 1.165) is 35.5 Å². The highest BCUT2D eigenvalue weighted by molar-refractivity contribution is 5.43. The number of hydrogen-bond donors (Lipinski definition) is 2. The Labute approximate surface area is 144 Å². The Balaban J connectivity index is 1.99. The van der Waals surface area contributed by atoms with Crippen molar-refractivity contribution in [2.45, 2.75) is 39.3 Å². The van der Waals surface area contributed by atoms with Crippen LogP contribution >= 0.6 is 0 Å². The maximum atomic E-state index is 9.52. The molecule has 2 rings (SSSR count). The van der Waals surface area contributed by atoms with Crippen molar-refractivity contribution in [2.24, 2.45) is 0 Å². The van der Waals surface area contributed by atoms with Gasteiger partial charge in [0.25, 0.3) is 0 Å². The zero-order valence-corrected chi connectivity index (χ0v) is 14.7. The molecule has 24 heavy (non-hydrogen) atoms. The molecule has 1 unspecified atom stereocenters. The number of unbranched alkanes of at least 4 members (excludes halogenated alkanes) is 1. The lowest BCUT2D eigenvalue weighted by Gasteiger charge is -2.17. The van der Waals surface area contributed by atoms with Crippen LogP contribution in [-0.2, 0) is 6.54 Å². The van der Waals surface area contributed by atoms with E-state index in [1.54, 1.807) is 19.2 Å². The van der Waals surface area contributed by atoms with Crippen molar-refractivity contribution in [3.05, 3.63) is 53.6 Å². The van der Waals surface area contributed by atoms with Gasteiger partial charge < -0.3 is 19.9 Å². The summed E-state index contributed by atoms with van der Waals surface area (Å²) in [4.78, 5) is 0. The summed E-state index contributed by atoms with van der Waals surface area (Å²) in [6.07, 6.45) is 2.14. The van der Waals surface area contributed by atoms with Crippen LogP contribution in [0.5, 0.6) is 17.2 Å². The molecule has 0 aliphatic heterocycles. The number of phenols is 1. The highest BCUT2D eigenvalue weighted by Crippen LogP contribution is 2.30. The second-order valence-electron chi connectivity index (χ2n) is 5.88. The number of phenolic OH excluding ortho intramolecular Hbond substituents is 1. The number of aromatic hydroxyl groups is 1. The number of hydrogen-bond acceptors (Lipinski definition) is 4. The Morgan fingerprint density at radius 1 is 1.12 bits per heavy atom. The fourth-order valence-electron chi connectivity index (χ4n) is 2.45. The molecule has 0 aromatic heterocycles. The largest absolute Gasteiger partial charge is 0.508 e. The van der Waals surface area contributed by atoms with Crippen molar-refractivity contribution in [1.82, 2.24) is 5.32 Å². The third kappa shape index (κ3) is 5.17. The van der Waals surface area contributed by atoms with Gasteiger partial charge in [-0.2, -0.15) is 0 Å². The van der Waals surface area contributed by atoms with E-state index in [1.165, 1.54) is 0 Å². The van der Waals surface area contributed by atoms with Gasteiger partial charge in [0.1, 0.15) is 5.75 Å². The minimum atomic E-state index is 0.158. The first-order valence-corrected chi connectivity index (χ1v) is 8.46. The van der Waals surface area contributed by atoms with Gasteiger partial charge in [-0.25, -0.2) is 0 Å². The normalized spacial score (nSPS) is 12.0. The molecule has 0 saturated heterocycles. The van der Waals surface area contributed by atoms with Crippen molar-refractivity contribution < 1.29 is 14.6 Å². The molecule has 2 aromatic carbocycles. The maximum absolute atomic E-state index is 9.52. The maximum Gasteiger partial charge on any atom is 0.161 e. The monoisotopic (exact) mass is 329 g/mol. The molecule has 0 amide bonds. The number of rotatable bonds is 9. The fourth-order valence-corrected chi connectivity index (χ4v) is 2.45. The fraction of sp³-hybridized carbons (Fsp3) is 0.400. The number of ether oxygens (including phenoxy) is 2. The minimum Gasteiger partial charge on any atom is -0.508 e. The Bertz CT molecular complexity index is 643. The molecule has 2 N–H and O–H groups in total. The topological polar surface area (TPSA) is 50.7 Å². The molecule has 0 aliphatic rings. The predicted molar refractivity (Wildman–Crippen MR) is 96.8 cm³/mol. The van der Waals surface area contributed by atoms with Crippen LogP contribution in [0.1, 0.15) is 43.9 Å². The van der Waals surface area contributed by atoms with Gasteiger partial charge in [-0.15, -0.1) is 0 Å². The number of methoxy groups -OCH3 is 1. The van der Waals surface area contributed by atoms with Crippen LogP contribution in [0.3, 0.4) is 0 Å². The molecule has 130 valence electrons. The summed E-state index contributed by atoms with van der Waals surface area (Å²) in [6.45, 7) is 5.64. The summed E-state index contributed by atoms with van der Waals surface area (Å²) in [5, 5.41) is 13.0. The van der Waals surface area contributed by atoms with Gasteiger partial charge in [-0.3, -0.25) is 0 Å². The Kier molecular flexibility index (Phi) is 6.94. The molecule has 0 saturated carbocycles. The van der Waals surface area contributed by atoms with E-state index in [4.69, 9.17) is 9.47 Å². The van der Waals surface area contributed by atoms with Crippen LogP contribution < -0.4 is 14.8 Å². The van der Waals surface area contributed by atoms with Crippen molar-refractivity contribution in [3.8, 4) is 17.2 Å². The summed E-state index contributed by atoms with van der Waals surface area (Å²) in [6, 6.07) is 13.5. The lowest BCUT2D eigenvalue weighted by molar-refractivity contribution is 0.288. The van der Waals surface area contributed by atoms with Crippen molar-refractivity contribution in [2.75, 3.05) is 13.7 Å². The second-order valence-corrected chi connectivity index (χ2v) is 5.88. The van der Waals surface area contributed by atoms with Gasteiger partial charge >= 0.3 is 0 Å². The molecule has 0 aliphatic carbocycles. The summed E-state index contributed by atoms with van der Waals surface area (Å²) >= 11 is 0. The Hall–Kier alpha value is -2.20. The highest BCUT2D eigenvalue weighted by atomic mass is 16.5. The lowest BCUT2D eigenvalue weighted by atomic mass is 10.1. The van der Waals surface area contributed by atoms with Gasteiger partial charge in [0.05, 0.1) is 13.7 Å². The van der Waals surface area contributed by atoms with Crippen LogP contribution in [0.4, 0.5) is 0 Å². The first-order chi connectivity index (χ1) is 11.6. The number of benzene rings is 2. The smallest absolute Gasteiger partial charge is 0.161 e. The molecule has 0 heterocycles. The molecule has 0 radical (unpaired) electrons. The van der Waals surface area contributed by atoms with Crippen LogP contribution in [0.25, 0.3) is 0 Å². The molecule has 1 atom stereocenters. The van der Waals surface area contributed by atoms with E-state index in [2.05, 4.69) is 25.2 Å². The molecular formula is C20H27NO3. The third-order valence-electron chi connectivity index (χ3n) is 3.97. The average molecular weight is 329 g/mol. The first-order valence-electron chi connectivity index (χ1n) is 8.46. The van der Waals surface area contributed by atoms with E-state index < -0.39 is 0 Å². The molecule has 0 spiro atoms. The zero-order chi connectivity index (χ0) is 17.4. The molecular weight excluding hydrogens is 302 g/mol. The van der Waals surface area contributed by atoms with Crippen molar-refractivity contribution in [3.63, 3.8) is 0 Å². The SMILES string of the molecule is CCCCOc1ccc(C(C)NCc2cccc(O)c2)cc1OC. The van der Waals surface area contributed by atoms with Crippen LogP contribution in [0.15, 0.2) is 42.5 Å². The predicted octanol–water partition coefficient (Wildman–Crippen LogP) is 4.43. The summed E-state index contributed by atoms with van der Waals surface area (Å²) in [5.41, 5.74) is 2.18. The molecule has 4 heteroatoms. The van der Waals surface area contributed by atoms with Crippen molar-refractivity contribution >= 4 is 0 Å². The molecule has 4 nitrogen and oxygen atoms in total. The third-order valence-corrected chi connectivity index (χ3v) is 3.97. The van der Waals surface area contributed by atoms with Crippen LogP contribution in [0.2, 0.25) is 0 Å². The minimum absolute atomic E-state index is 0.158. The summed E-state index contributed by atoms with van der Waals surface area (Å²) in [7, 11) is 1.66. The number of nitrogens with one attached hydrogen (secondary N) is 1. The van der Waals surface area contributed by atoms with Crippen LogP contribution in [0, 0.1) is 0 Å². The van der Waals surface area contributed by atoms with Gasteiger partial charge in [-0.05, 0) is 48.7 Å². The van der Waals surface area contributed by atoms with Crippen LogP contribution in [-0.4, -0.2) is 18.8 Å². The van der Waals surface area contributed by atoms with Gasteiger partial charge in [0.15, 0.2) is 11.5 Å². The summed E-state index contributed by atoms with van der Waals surface area (Å²) in [5.74, 6) is 1.83.